The molecule has 107 heavy (non-hydrogen) atoms. The molecule has 2 bridgehead atoms. The van der Waals surface area contributed by atoms with Gasteiger partial charge in [-0.15, -0.1) is 0 Å². The maximum Gasteiger partial charge on any atom is 0.426 e. The number of carbonyl (C=O) groups excluding carboxylic acids is 7. The van der Waals surface area contributed by atoms with Gasteiger partial charge in [0, 0.05) is 35.5 Å². The Labute approximate surface area is 619 Å². The number of hydrogen-bond donors (Lipinski definition) is 2. The normalized spacial score (nSPS) is 28.7. The number of alkyl halides is 12. The lowest BCUT2D eigenvalue weighted by Crippen LogP contribution is -2.64. The van der Waals surface area contributed by atoms with Crippen LogP contribution in [0.1, 0.15) is 199 Å². The number of carbonyl (C=O) groups is 7. The Balaban J connectivity index is 0.000000264. The van der Waals surface area contributed by atoms with E-state index < -0.39 is 206 Å². The monoisotopic (exact) mass is 1570 g/mol. The van der Waals surface area contributed by atoms with E-state index in [9.17, 15) is 96.5 Å². The molecule has 7 fully saturated rings. The molecule has 614 valence electrons. The van der Waals surface area contributed by atoms with Gasteiger partial charge in [0.1, 0.15) is 24.4 Å². The molecule has 8 rings (SSSR count). The second-order valence-corrected chi connectivity index (χ2v) is 38.6. The van der Waals surface area contributed by atoms with Gasteiger partial charge in [-0.2, -0.15) is 52.7 Å². The molecule has 20 nitrogen and oxygen atoms in total. The highest BCUT2D eigenvalue weighted by Crippen LogP contribution is 2.60. The van der Waals surface area contributed by atoms with Gasteiger partial charge in [-0.05, 0) is 139 Å². The first-order chi connectivity index (χ1) is 48.8. The van der Waals surface area contributed by atoms with E-state index in [-0.39, 0.29) is 30.6 Å². The fourth-order valence-electron chi connectivity index (χ4n) is 13.2. The van der Waals surface area contributed by atoms with Crippen molar-refractivity contribution in [3.63, 3.8) is 0 Å². The van der Waals surface area contributed by atoms with Crippen LogP contribution in [0.4, 0.5) is 52.7 Å². The Kier molecular flexibility index (Phi) is 29.9. The van der Waals surface area contributed by atoms with Crippen LogP contribution in [-0.4, -0.2) is 164 Å². The van der Waals surface area contributed by atoms with Crippen LogP contribution in [0.3, 0.4) is 0 Å². The smallest absolute Gasteiger partial charge is 0.426 e. The number of fused-ring (bicyclic) bond motifs is 4. The molecule has 17 unspecified atom stereocenters. The van der Waals surface area contributed by atoms with Gasteiger partial charge < -0.3 is 62.3 Å². The Hall–Kier alpha value is -5.35. The van der Waals surface area contributed by atoms with Crippen molar-refractivity contribution in [2.45, 2.75) is 305 Å². The molecule has 0 spiro atoms. The number of aliphatic hydroxyl groups is 2. The quantitative estimate of drug-likeness (QED) is 0.0378. The largest absolute Gasteiger partial charge is 0.465 e. The zero-order valence-corrected chi connectivity index (χ0v) is 65.6. The van der Waals surface area contributed by atoms with E-state index in [0.29, 0.717) is 38.4 Å². The van der Waals surface area contributed by atoms with Crippen LogP contribution in [-0.2, 0) is 98.1 Å². The van der Waals surface area contributed by atoms with E-state index in [1.165, 1.54) is 33.1 Å². The molecule has 1 aromatic carbocycles. The van der Waals surface area contributed by atoms with E-state index in [0.717, 1.165) is 30.2 Å². The highest BCUT2D eigenvalue weighted by atomic mass is 28.3. The molecule has 0 amide bonds. The standard InChI is InChI=1S/C25H36O8Si.C18H25F9O4.C17H21F3O6.C14H28O2/c1-8-24(2,3)23(27)31-19-17-18(29-21(19)26)20-22(30-17)33-25(4,32-20)16-11-9-15(10-12-16)13-28-14-34(5,6)7;1-5-13(2,3)12(28)31-11-7-9(14(4,29)16(19,20)21)6-10(8-11)15(30,17(22,23)24)18(25,26)27;1-4-16(2,3)15(23)26-12-7-5-8-10(14(22)25-11(8)12)9(7)13(21)24-6-17(18,19)20;1-6-9-10-12(7-2)11-16-13(15)14(4,5)8-3/h9-12,17-20,22H,8,13-14H2,1-7H3;9-11,29-30H,5-8H2,1-4H3;7-12H,4-6H2,1-3H3;12H,6-11H2,1-5H3. The number of ether oxygens (including phenoxy) is 11. The minimum Gasteiger partial charge on any atom is -0.465 e. The Morgan fingerprint density at radius 3 is 1.58 bits per heavy atom. The Morgan fingerprint density at radius 1 is 0.589 bits per heavy atom. The molecule has 1 aromatic rings. The van der Waals surface area contributed by atoms with E-state index in [4.69, 9.17) is 47.4 Å². The highest BCUT2D eigenvalue weighted by molar-refractivity contribution is 6.76. The summed E-state index contributed by atoms with van der Waals surface area (Å²) in [7, 11) is -1.25. The van der Waals surface area contributed by atoms with Crippen molar-refractivity contribution in [2.75, 3.05) is 19.4 Å². The first kappa shape index (κ1) is 92.3. The molecule has 33 heteroatoms. The number of halogens is 12. The van der Waals surface area contributed by atoms with Crippen LogP contribution in [0.2, 0.25) is 19.6 Å². The van der Waals surface area contributed by atoms with Crippen molar-refractivity contribution in [1.29, 1.82) is 0 Å². The lowest BCUT2D eigenvalue weighted by atomic mass is 9.66. The zero-order chi connectivity index (χ0) is 81.8. The van der Waals surface area contributed by atoms with Crippen molar-refractivity contribution in [3.8, 4) is 0 Å². The summed E-state index contributed by atoms with van der Waals surface area (Å²) in [6.07, 6.45) is -25.3. The summed E-state index contributed by atoms with van der Waals surface area (Å²) in [4.78, 5) is 85.7. The topological polar surface area (TPSA) is 261 Å². The number of hydrogen-bond acceptors (Lipinski definition) is 20. The maximum absolute atomic E-state index is 13.3. The molecule has 4 heterocycles. The van der Waals surface area contributed by atoms with Gasteiger partial charge in [-0.25, -0.2) is 4.79 Å². The summed E-state index contributed by atoms with van der Waals surface area (Å²) in [5.74, 6) is -12.7. The summed E-state index contributed by atoms with van der Waals surface area (Å²) in [6, 6.07) is 7.89. The van der Waals surface area contributed by atoms with Gasteiger partial charge in [-0.3, -0.25) is 28.8 Å². The lowest BCUT2D eigenvalue weighted by Gasteiger charge is -2.47. The Morgan fingerprint density at radius 2 is 1.09 bits per heavy atom. The third-order valence-corrected chi connectivity index (χ3v) is 23.2. The fraction of sp³-hybridized carbons (Fsp3) is 0.824. The third-order valence-electron chi connectivity index (χ3n) is 22.1. The van der Waals surface area contributed by atoms with Crippen LogP contribution >= 0.6 is 0 Å². The molecule has 3 aliphatic carbocycles. The molecular formula is C74H110F12O20Si. The molecule has 0 radical (unpaired) electrons. The van der Waals surface area contributed by atoms with Crippen LogP contribution in [0.25, 0.3) is 0 Å². The predicted molar refractivity (Wildman–Crippen MR) is 362 cm³/mol. The van der Waals surface area contributed by atoms with Crippen molar-refractivity contribution in [2.24, 2.45) is 63.1 Å². The maximum atomic E-state index is 13.3. The van der Waals surface area contributed by atoms with E-state index >= 15 is 0 Å². The van der Waals surface area contributed by atoms with E-state index in [1.54, 1.807) is 34.6 Å². The molecular weight excluding hydrogens is 1460 g/mol. The summed E-state index contributed by atoms with van der Waals surface area (Å²) in [5.41, 5.74) is -10.1. The van der Waals surface area contributed by atoms with Crippen molar-refractivity contribution < 1.29 is 149 Å². The zero-order valence-electron chi connectivity index (χ0n) is 64.6. The summed E-state index contributed by atoms with van der Waals surface area (Å²) in [6.45, 7) is 33.6. The summed E-state index contributed by atoms with van der Waals surface area (Å²) >= 11 is 0. The second kappa shape index (κ2) is 34.7. The van der Waals surface area contributed by atoms with Gasteiger partial charge in [0.15, 0.2) is 36.5 Å². The number of unbranched alkanes of at least 4 members (excludes halogenated alkanes) is 1. The average Bonchev–Trinajstić information content (AvgIpc) is 1.42. The molecule has 0 aromatic heterocycles. The number of rotatable bonds is 26. The van der Waals surface area contributed by atoms with Crippen LogP contribution in [0.5, 0.6) is 0 Å². The first-order valence-corrected chi connectivity index (χ1v) is 40.3. The Bertz CT molecular complexity index is 3190. The van der Waals surface area contributed by atoms with Gasteiger partial charge in [-0.1, -0.05) is 105 Å². The number of benzene rings is 1. The van der Waals surface area contributed by atoms with Gasteiger partial charge in [0.05, 0.1) is 54.8 Å². The summed E-state index contributed by atoms with van der Waals surface area (Å²) in [5, 5.41) is 19.6. The molecule has 17 atom stereocenters. The van der Waals surface area contributed by atoms with Crippen molar-refractivity contribution in [3.05, 3.63) is 35.4 Å². The van der Waals surface area contributed by atoms with Crippen molar-refractivity contribution in [1.82, 2.24) is 0 Å². The fourth-order valence-corrected chi connectivity index (χ4v) is 13.9. The molecule has 2 N–H and O–H groups in total. The second-order valence-electron chi connectivity index (χ2n) is 33.2. The van der Waals surface area contributed by atoms with Gasteiger partial charge in [0.2, 0.25) is 6.10 Å². The first-order valence-electron chi connectivity index (χ1n) is 36.6. The summed E-state index contributed by atoms with van der Waals surface area (Å²) < 4.78 is 218. The number of esters is 7. The molecule has 3 saturated carbocycles. The molecule has 4 aliphatic heterocycles. The van der Waals surface area contributed by atoms with Crippen molar-refractivity contribution >= 4 is 49.9 Å². The van der Waals surface area contributed by atoms with Gasteiger partial charge >= 0.3 is 66.5 Å². The van der Waals surface area contributed by atoms with Gasteiger partial charge in [0.25, 0.3) is 5.60 Å². The van der Waals surface area contributed by atoms with Crippen LogP contribution in [0.15, 0.2) is 24.3 Å². The average molecular weight is 1580 g/mol. The highest BCUT2D eigenvalue weighted by Gasteiger charge is 2.76. The predicted octanol–water partition coefficient (Wildman–Crippen LogP) is 15.0. The minimum atomic E-state index is -6.28. The molecule has 4 saturated heterocycles. The SMILES string of the molecule is CCC(C)(C)C(=O)OC1C(=O)OC2C3OC(C)(c4ccc(COC[Si](C)(C)C)cc4)OC3OC12.CCC(C)(C)C(=O)OC1C2CC3C1OC(=O)C3C2C(=O)OCC(F)(F)F.CCC(C)(C)C(=O)OC1CC(C(C)(O)C(F)(F)F)CC(C(O)(C(F)(F)F)C(F)(F)F)C1.CCCCC(CC)COC(=O)C(C)(C)CC. The minimum absolute atomic E-state index is 0.0510. The molecule has 7 aliphatic rings. The van der Waals surface area contributed by atoms with Crippen LogP contribution in [0, 0.1) is 63.1 Å². The van der Waals surface area contributed by atoms with E-state index in [1.807, 2.05) is 65.8 Å². The third kappa shape index (κ3) is 21.9. The van der Waals surface area contributed by atoms with Crippen LogP contribution < -0.4 is 0 Å². The van der Waals surface area contributed by atoms with E-state index in [2.05, 4.69) is 38.2 Å². The lowest BCUT2D eigenvalue weighted by molar-refractivity contribution is -0.391.